The average molecular weight is 358 g/mol. The van der Waals surface area contributed by atoms with Crippen LogP contribution < -0.4 is 9.62 Å². The third-order valence-corrected chi connectivity index (χ3v) is 6.65. The van der Waals surface area contributed by atoms with Crippen LogP contribution in [0.3, 0.4) is 0 Å². The molecule has 1 atom stereocenters. The van der Waals surface area contributed by atoms with Gasteiger partial charge in [0.1, 0.15) is 0 Å². The minimum atomic E-state index is -3.25. The molecule has 0 saturated carbocycles. The van der Waals surface area contributed by atoms with Crippen LogP contribution in [0.15, 0.2) is 18.2 Å². The molecule has 0 aliphatic carbocycles. The summed E-state index contributed by atoms with van der Waals surface area (Å²) in [4.78, 5) is 14.3. The summed E-state index contributed by atoms with van der Waals surface area (Å²) in [6, 6.07) is 5.01. The fraction of sp³-hybridized carbons (Fsp3) is 0.533. The zero-order chi connectivity index (χ0) is 16.6. The van der Waals surface area contributed by atoms with Gasteiger partial charge in [0.2, 0.25) is 10.0 Å². The van der Waals surface area contributed by atoms with E-state index in [1.54, 1.807) is 30.1 Å². The molecule has 126 valence electrons. The van der Waals surface area contributed by atoms with Crippen molar-refractivity contribution >= 4 is 33.2 Å². The van der Waals surface area contributed by atoms with Gasteiger partial charge in [-0.05, 0) is 37.6 Å². The molecule has 2 heterocycles. The summed E-state index contributed by atoms with van der Waals surface area (Å²) in [5, 5.41) is 3.51. The highest BCUT2D eigenvalue weighted by Gasteiger charge is 2.30. The summed E-state index contributed by atoms with van der Waals surface area (Å²) in [5.74, 6) is 0.0162. The SMILES string of the molecule is CN(C(=O)c1ccc(N2CCCS2(=O)=O)cc1Cl)[C@@H]1CCNC1. The van der Waals surface area contributed by atoms with E-state index in [0.717, 1.165) is 19.5 Å². The maximum absolute atomic E-state index is 12.6. The van der Waals surface area contributed by atoms with Gasteiger partial charge < -0.3 is 10.2 Å². The van der Waals surface area contributed by atoms with Crippen LogP contribution in [0.4, 0.5) is 5.69 Å². The minimum absolute atomic E-state index is 0.139. The monoisotopic (exact) mass is 357 g/mol. The predicted octanol–water partition coefficient (Wildman–Crippen LogP) is 1.31. The van der Waals surface area contributed by atoms with Crippen molar-refractivity contribution in [2.45, 2.75) is 18.9 Å². The zero-order valence-corrected chi connectivity index (χ0v) is 14.5. The summed E-state index contributed by atoms with van der Waals surface area (Å²) in [7, 11) is -1.48. The molecule has 1 aromatic rings. The van der Waals surface area contributed by atoms with Crippen LogP contribution in [0, 0.1) is 0 Å². The summed E-state index contributed by atoms with van der Waals surface area (Å²) in [6.45, 7) is 2.14. The van der Waals surface area contributed by atoms with E-state index in [1.807, 2.05) is 0 Å². The first-order chi connectivity index (χ1) is 10.9. The first kappa shape index (κ1) is 16.5. The summed E-state index contributed by atoms with van der Waals surface area (Å²) >= 11 is 6.26. The van der Waals surface area contributed by atoms with E-state index in [-0.39, 0.29) is 22.7 Å². The standard InChI is InChI=1S/C15H20ClN3O3S/c1-18(12-5-6-17-10-12)15(20)13-4-3-11(9-14(13)16)19-7-2-8-23(19,21)22/h3-4,9,12,17H,2,5-8,10H2,1H3/t12-/m1/s1. The van der Waals surface area contributed by atoms with Crippen LogP contribution in [-0.2, 0) is 10.0 Å². The van der Waals surface area contributed by atoms with Gasteiger partial charge in [0, 0.05) is 26.2 Å². The van der Waals surface area contributed by atoms with E-state index < -0.39 is 10.0 Å². The largest absolute Gasteiger partial charge is 0.337 e. The molecule has 2 fully saturated rings. The summed E-state index contributed by atoms with van der Waals surface area (Å²) in [5.41, 5.74) is 0.927. The number of carbonyl (C=O) groups excluding carboxylic acids is 1. The first-order valence-corrected chi connectivity index (χ1v) is 9.67. The lowest BCUT2D eigenvalue weighted by molar-refractivity contribution is 0.0744. The quantitative estimate of drug-likeness (QED) is 0.885. The van der Waals surface area contributed by atoms with E-state index in [2.05, 4.69) is 5.32 Å². The molecular weight excluding hydrogens is 338 g/mol. The fourth-order valence-electron chi connectivity index (χ4n) is 3.09. The number of rotatable bonds is 3. The lowest BCUT2D eigenvalue weighted by Gasteiger charge is -2.25. The molecule has 0 bridgehead atoms. The molecule has 2 saturated heterocycles. The normalized spacial score (nSPS) is 23.2. The van der Waals surface area contributed by atoms with Gasteiger partial charge >= 0.3 is 0 Å². The number of sulfonamides is 1. The number of nitrogens with one attached hydrogen (secondary N) is 1. The molecule has 23 heavy (non-hydrogen) atoms. The smallest absolute Gasteiger partial charge is 0.255 e. The van der Waals surface area contributed by atoms with Gasteiger partial charge in [-0.1, -0.05) is 11.6 Å². The Morgan fingerprint density at radius 2 is 2.22 bits per heavy atom. The lowest BCUT2D eigenvalue weighted by Crippen LogP contribution is -2.38. The Morgan fingerprint density at radius 1 is 1.43 bits per heavy atom. The van der Waals surface area contributed by atoms with Crippen molar-refractivity contribution in [3.8, 4) is 0 Å². The van der Waals surface area contributed by atoms with Crippen molar-refractivity contribution in [2.24, 2.45) is 0 Å². The predicted molar refractivity (Wildman–Crippen MR) is 90.6 cm³/mol. The van der Waals surface area contributed by atoms with E-state index in [4.69, 9.17) is 11.6 Å². The van der Waals surface area contributed by atoms with Crippen LogP contribution in [0.25, 0.3) is 0 Å². The lowest BCUT2D eigenvalue weighted by atomic mass is 10.1. The Kier molecular flexibility index (Phi) is 4.53. The van der Waals surface area contributed by atoms with Gasteiger partial charge in [0.25, 0.3) is 5.91 Å². The highest BCUT2D eigenvalue weighted by molar-refractivity contribution is 7.93. The van der Waals surface area contributed by atoms with E-state index in [1.165, 1.54) is 4.31 Å². The highest BCUT2D eigenvalue weighted by Crippen LogP contribution is 2.29. The van der Waals surface area contributed by atoms with Gasteiger partial charge in [-0.15, -0.1) is 0 Å². The number of hydrogen-bond donors (Lipinski definition) is 1. The van der Waals surface area contributed by atoms with Crippen LogP contribution >= 0.6 is 11.6 Å². The second-order valence-corrected chi connectivity index (χ2v) is 8.39. The average Bonchev–Trinajstić information content (AvgIpc) is 3.14. The molecule has 1 amide bonds. The van der Waals surface area contributed by atoms with Gasteiger partial charge in [-0.25, -0.2) is 8.42 Å². The van der Waals surface area contributed by atoms with Gasteiger partial charge in [0.15, 0.2) is 0 Å². The fourth-order valence-corrected chi connectivity index (χ4v) is 4.90. The molecule has 2 aliphatic rings. The maximum Gasteiger partial charge on any atom is 0.255 e. The van der Waals surface area contributed by atoms with E-state index >= 15 is 0 Å². The zero-order valence-electron chi connectivity index (χ0n) is 13.0. The number of halogens is 1. The Labute approximate surface area is 141 Å². The second kappa shape index (κ2) is 6.30. The molecule has 0 aromatic heterocycles. The van der Waals surface area contributed by atoms with Gasteiger partial charge in [-0.2, -0.15) is 0 Å². The number of nitrogens with zero attached hydrogens (tertiary/aromatic N) is 2. The van der Waals surface area contributed by atoms with Crippen molar-refractivity contribution < 1.29 is 13.2 Å². The van der Waals surface area contributed by atoms with Crippen LogP contribution in [0.1, 0.15) is 23.2 Å². The maximum atomic E-state index is 12.6. The second-order valence-electron chi connectivity index (χ2n) is 5.97. The summed E-state index contributed by atoms with van der Waals surface area (Å²) < 4.78 is 25.3. The molecule has 0 spiro atoms. The third-order valence-electron chi connectivity index (χ3n) is 4.47. The number of benzene rings is 1. The first-order valence-electron chi connectivity index (χ1n) is 7.68. The van der Waals surface area contributed by atoms with E-state index in [0.29, 0.717) is 24.2 Å². The van der Waals surface area contributed by atoms with Crippen molar-refractivity contribution in [2.75, 3.05) is 36.7 Å². The van der Waals surface area contributed by atoms with Gasteiger partial charge in [0.05, 0.1) is 22.0 Å². The van der Waals surface area contributed by atoms with Crippen molar-refractivity contribution in [1.29, 1.82) is 0 Å². The molecule has 6 nitrogen and oxygen atoms in total. The van der Waals surface area contributed by atoms with Crippen molar-refractivity contribution in [1.82, 2.24) is 10.2 Å². The molecule has 1 aromatic carbocycles. The molecule has 0 unspecified atom stereocenters. The summed E-state index contributed by atoms with van der Waals surface area (Å²) in [6.07, 6.45) is 1.53. The molecular formula is C15H20ClN3O3S. The Balaban J connectivity index is 1.83. The molecule has 0 radical (unpaired) electrons. The topological polar surface area (TPSA) is 69.7 Å². The molecule has 1 N–H and O–H groups in total. The minimum Gasteiger partial charge on any atom is -0.337 e. The number of anilines is 1. The Hall–Kier alpha value is -1.31. The Bertz CT molecular complexity index is 717. The molecule has 8 heteroatoms. The number of likely N-dealkylation sites (N-methyl/N-ethyl adjacent to an activating group) is 1. The van der Waals surface area contributed by atoms with Crippen molar-refractivity contribution in [3.63, 3.8) is 0 Å². The molecule has 2 aliphatic heterocycles. The third kappa shape index (κ3) is 3.18. The van der Waals surface area contributed by atoms with Gasteiger partial charge in [-0.3, -0.25) is 9.10 Å². The van der Waals surface area contributed by atoms with Crippen LogP contribution in [0.5, 0.6) is 0 Å². The van der Waals surface area contributed by atoms with Crippen LogP contribution in [0.2, 0.25) is 5.02 Å². The molecule has 3 rings (SSSR count). The number of amides is 1. The van der Waals surface area contributed by atoms with Crippen molar-refractivity contribution in [3.05, 3.63) is 28.8 Å². The number of hydrogen-bond acceptors (Lipinski definition) is 4. The van der Waals surface area contributed by atoms with Crippen LogP contribution in [-0.4, -0.2) is 57.7 Å². The van der Waals surface area contributed by atoms with E-state index in [9.17, 15) is 13.2 Å². The number of carbonyl (C=O) groups is 1. The highest BCUT2D eigenvalue weighted by atomic mass is 35.5. The Morgan fingerprint density at radius 3 is 2.78 bits per heavy atom.